The highest BCUT2D eigenvalue weighted by atomic mass is 16.5. The third-order valence-corrected chi connectivity index (χ3v) is 2.21. The maximum Gasteiger partial charge on any atom is 0.234 e. The van der Waals surface area contributed by atoms with Crippen molar-refractivity contribution in [1.82, 2.24) is 9.97 Å². The summed E-state index contributed by atoms with van der Waals surface area (Å²) in [4.78, 5) is 10.4. The van der Waals surface area contributed by atoms with E-state index in [0.717, 1.165) is 0 Å². The SMILES string of the molecule is C=CCN(CCO)c1cncc(OCC(C)C)n1. The molecule has 1 aromatic heterocycles. The molecule has 0 amide bonds. The molecule has 0 fully saturated rings. The van der Waals surface area contributed by atoms with Gasteiger partial charge in [0.1, 0.15) is 0 Å². The Labute approximate surface area is 108 Å². The van der Waals surface area contributed by atoms with Gasteiger partial charge in [-0.05, 0) is 5.92 Å². The fraction of sp³-hybridized carbons (Fsp3) is 0.538. The van der Waals surface area contributed by atoms with Gasteiger partial charge in [0.2, 0.25) is 5.88 Å². The lowest BCUT2D eigenvalue weighted by atomic mass is 10.2. The first-order valence-electron chi connectivity index (χ1n) is 6.09. The predicted octanol–water partition coefficient (Wildman–Crippen LogP) is 1.50. The molecule has 1 N–H and O–H groups in total. The number of nitrogens with zero attached hydrogens (tertiary/aromatic N) is 3. The van der Waals surface area contributed by atoms with E-state index in [4.69, 9.17) is 9.84 Å². The van der Waals surface area contributed by atoms with Crippen LogP contribution in [-0.4, -0.2) is 41.4 Å². The highest BCUT2D eigenvalue weighted by Gasteiger charge is 2.08. The minimum Gasteiger partial charge on any atom is -0.476 e. The van der Waals surface area contributed by atoms with Gasteiger partial charge in [0.25, 0.3) is 0 Å². The summed E-state index contributed by atoms with van der Waals surface area (Å²) >= 11 is 0. The van der Waals surface area contributed by atoms with Crippen molar-refractivity contribution in [3.05, 3.63) is 25.0 Å². The van der Waals surface area contributed by atoms with Crippen molar-refractivity contribution in [1.29, 1.82) is 0 Å². The van der Waals surface area contributed by atoms with Crippen LogP contribution in [0.2, 0.25) is 0 Å². The van der Waals surface area contributed by atoms with Crippen molar-refractivity contribution >= 4 is 5.82 Å². The first-order chi connectivity index (χ1) is 8.67. The molecule has 0 aliphatic carbocycles. The molecule has 0 aromatic carbocycles. The molecule has 1 rings (SSSR count). The Hall–Kier alpha value is -1.62. The van der Waals surface area contributed by atoms with Gasteiger partial charge in [-0.15, -0.1) is 6.58 Å². The van der Waals surface area contributed by atoms with E-state index in [1.54, 1.807) is 18.5 Å². The van der Waals surface area contributed by atoms with Crippen molar-refractivity contribution in [2.24, 2.45) is 5.92 Å². The quantitative estimate of drug-likeness (QED) is 0.709. The van der Waals surface area contributed by atoms with Gasteiger partial charge >= 0.3 is 0 Å². The monoisotopic (exact) mass is 251 g/mol. The Morgan fingerprint density at radius 3 is 2.89 bits per heavy atom. The van der Waals surface area contributed by atoms with Crippen molar-refractivity contribution in [3.8, 4) is 5.88 Å². The molecule has 5 nitrogen and oxygen atoms in total. The van der Waals surface area contributed by atoms with Gasteiger partial charge in [-0.2, -0.15) is 4.98 Å². The standard InChI is InChI=1S/C13H21N3O2/c1-4-5-16(6-7-17)12-8-14-9-13(15-12)18-10-11(2)3/h4,8-9,11,17H,1,5-7,10H2,2-3H3. The fourth-order valence-corrected chi connectivity index (χ4v) is 1.39. The molecule has 0 bridgehead atoms. The van der Waals surface area contributed by atoms with E-state index in [0.29, 0.717) is 37.3 Å². The third-order valence-electron chi connectivity index (χ3n) is 2.21. The second-order valence-corrected chi connectivity index (χ2v) is 4.38. The van der Waals surface area contributed by atoms with Gasteiger partial charge in [0.05, 0.1) is 25.6 Å². The number of hydrogen-bond donors (Lipinski definition) is 1. The first-order valence-corrected chi connectivity index (χ1v) is 6.09. The van der Waals surface area contributed by atoms with Crippen LogP contribution in [0.25, 0.3) is 0 Å². The van der Waals surface area contributed by atoms with E-state index < -0.39 is 0 Å². The summed E-state index contributed by atoms with van der Waals surface area (Å²) in [5, 5.41) is 9.01. The zero-order valence-electron chi connectivity index (χ0n) is 11.0. The Bertz CT molecular complexity index is 369. The number of anilines is 1. The van der Waals surface area contributed by atoms with E-state index >= 15 is 0 Å². The molecule has 18 heavy (non-hydrogen) atoms. The highest BCUT2D eigenvalue weighted by Crippen LogP contribution is 2.14. The van der Waals surface area contributed by atoms with Crippen LogP contribution in [0.15, 0.2) is 25.0 Å². The molecule has 0 spiro atoms. The summed E-state index contributed by atoms with van der Waals surface area (Å²) in [5.41, 5.74) is 0. The average molecular weight is 251 g/mol. The van der Waals surface area contributed by atoms with Crippen LogP contribution in [0, 0.1) is 5.92 Å². The third kappa shape index (κ3) is 4.71. The second kappa shape index (κ2) is 7.66. The number of hydrogen-bond acceptors (Lipinski definition) is 5. The van der Waals surface area contributed by atoms with Crippen molar-refractivity contribution in [2.45, 2.75) is 13.8 Å². The lowest BCUT2D eigenvalue weighted by molar-refractivity contribution is 0.260. The zero-order chi connectivity index (χ0) is 13.4. The molecular weight excluding hydrogens is 230 g/mol. The molecule has 0 unspecified atom stereocenters. The summed E-state index contributed by atoms with van der Waals surface area (Å²) < 4.78 is 5.53. The summed E-state index contributed by atoms with van der Waals surface area (Å²) in [6.45, 7) is 9.62. The minimum atomic E-state index is 0.0621. The molecule has 1 aromatic rings. The Balaban J connectivity index is 2.74. The van der Waals surface area contributed by atoms with Gasteiger partial charge < -0.3 is 14.7 Å². The Kier molecular flexibility index (Phi) is 6.14. The van der Waals surface area contributed by atoms with Crippen molar-refractivity contribution < 1.29 is 9.84 Å². The van der Waals surface area contributed by atoms with Crippen LogP contribution in [0.5, 0.6) is 5.88 Å². The van der Waals surface area contributed by atoms with Crippen LogP contribution in [0.1, 0.15) is 13.8 Å². The molecule has 1 heterocycles. The number of ether oxygens (including phenoxy) is 1. The number of aliphatic hydroxyl groups excluding tert-OH is 1. The molecule has 0 radical (unpaired) electrons. The summed E-state index contributed by atoms with van der Waals surface area (Å²) in [6.07, 6.45) is 5.01. The van der Waals surface area contributed by atoms with Crippen molar-refractivity contribution in [3.63, 3.8) is 0 Å². The van der Waals surface area contributed by atoms with Crippen molar-refractivity contribution in [2.75, 3.05) is 31.2 Å². The summed E-state index contributed by atoms with van der Waals surface area (Å²) in [7, 11) is 0. The maximum absolute atomic E-state index is 9.01. The van der Waals surface area contributed by atoms with E-state index in [9.17, 15) is 0 Å². The topological polar surface area (TPSA) is 58.5 Å². The smallest absolute Gasteiger partial charge is 0.234 e. The highest BCUT2D eigenvalue weighted by molar-refractivity contribution is 5.38. The average Bonchev–Trinajstić information content (AvgIpc) is 2.36. The maximum atomic E-state index is 9.01. The molecule has 0 saturated heterocycles. The summed E-state index contributed by atoms with van der Waals surface area (Å²) in [6, 6.07) is 0. The second-order valence-electron chi connectivity index (χ2n) is 4.38. The fourth-order valence-electron chi connectivity index (χ4n) is 1.39. The van der Waals surface area contributed by atoms with Gasteiger partial charge in [0.15, 0.2) is 5.82 Å². The number of aromatic nitrogens is 2. The minimum absolute atomic E-state index is 0.0621. The number of aliphatic hydroxyl groups is 1. The lowest BCUT2D eigenvalue weighted by Gasteiger charge is -2.21. The van der Waals surface area contributed by atoms with Crippen LogP contribution in [0.4, 0.5) is 5.82 Å². The van der Waals surface area contributed by atoms with E-state index in [1.807, 2.05) is 4.90 Å². The zero-order valence-corrected chi connectivity index (χ0v) is 11.0. The van der Waals surface area contributed by atoms with E-state index in [1.165, 1.54) is 0 Å². The van der Waals surface area contributed by atoms with Crippen LogP contribution < -0.4 is 9.64 Å². The predicted molar refractivity (Wildman–Crippen MR) is 71.9 cm³/mol. The Morgan fingerprint density at radius 1 is 1.50 bits per heavy atom. The molecule has 100 valence electrons. The molecule has 0 aliphatic heterocycles. The van der Waals surface area contributed by atoms with Crippen LogP contribution in [0.3, 0.4) is 0 Å². The van der Waals surface area contributed by atoms with Gasteiger partial charge in [0, 0.05) is 13.1 Å². The molecule has 0 saturated carbocycles. The molecule has 0 atom stereocenters. The first kappa shape index (κ1) is 14.4. The lowest BCUT2D eigenvalue weighted by Crippen LogP contribution is -2.27. The van der Waals surface area contributed by atoms with Gasteiger partial charge in [-0.25, -0.2) is 0 Å². The normalized spacial score (nSPS) is 10.4. The van der Waals surface area contributed by atoms with E-state index in [-0.39, 0.29) is 6.61 Å². The molecular formula is C13H21N3O2. The van der Waals surface area contributed by atoms with Gasteiger partial charge in [-0.3, -0.25) is 4.98 Å². The number of rotatable bonds is 8. The van der Waals surface area contributed by atoms with Crippen LogP contribution >= 0.6 is 0 Å². The van der Waals surface area contributed by atoms with Gasteiger partial charge in [-0.1, -0.05) is 19.9 Å². The summed E-state index contributed by atoms with van der Waals surface area (Å²) in [5.74, 6) is 1.63. The molecule has 5 heteroatoms. The van der Waals surface area contributed by atoms with Crippen LogP contribution in [-0.2, 0) is 0 Å². The molecule has 0 aliphatic rings. The Morgan fingerprint density at radius 2 is 2.28 bits per heavy atom. The largest absolute Gasteiger partial charge is 0.476 e. The van der Waals surface area contributed by atoms with E-state index in [2.05, 4.69) is 30.4 Å².